The molecule has 9 heteroatoms. The quantitative estimate of drug-likeness (QED) is 0.559. The number of fused-ring (bicyclic) bond motifs is 1. The van der Waals surface area contributed by atoms with Crippen molar-refractivity contribution in [3.05, 3.63) is 83.6 Å². The van der Waals surface area contributed by atoms with Crippen LogP contribution >= 0.6 is 0 Å². The van der Waals surface area contributed by atoms with E-state index in [2.05, 4.69) is 20.0 Å². The Labute approximate surface area is 198 Å². The number of carbonyl (C=O) groups is 1. The fourth-order valence-corrected chi connectivity index (χ4v) is 5.30. The number of pyridine rings is 1. The minimum absolute atomic E-state index is 0.182. The lowest BCUT2D eigenvalue weighted by molar-refractivity contribution is 0.0950. The van der Waals surface area contributed by atoms with Crippen LogP contribution in [0.3, 0.4) is 0 Å². The van der Waals surface area contributed by atoms with Crippen LogP contribution < -0.4 is 15.4 Å². The third-order valence-electron chi connectivity index (χ3n) is 5.88. The molecule has 1 aliphatic carbocycles. The first kappa shape index (κ1) is 22.1. The third kappa shape index (κ3) is 4.79. The maximum absolute atomic E-state index is 12.6. The van der Waals surface area contributed by atoms with Crippen molar-refractivity contribution in [1.29, 1.82) is 0 Å². The minimum atomic E-state index is -3.69. The van der Waals surface area contributed by atoms with E-state index in [1.54, 1.807) is 48.7 Å². The highest BCUT2D eigenvalue weighted by molar-refractivity contribution is 7.90. The zero-order chi connectivity index (χ0) is 23.5. The number of ether oxygens (including phenoxy) is 1. The second-order valence-corrected chi connectivity index (χ2v) is 9.90. The molecule has 2 heterocycles. The summed E-state index contributed by atoms with van der Waals surface area (Å²) in [5.41, 5.74) is 2.56. The predicted molar refractivity (Wildman–Crippen MR) is 129 cm³/mol. The van der Waals surface area contributed by atoms with Crippen molar-refractivity contribution >= 4 is 27.5 Å². The van der Waals surface area contributed by atoms with Crippen molar-refractivity contribution < 1.29 is 17.9 Å². The number of amidine groups is 1. The largest absolute Gasteiger partial charge is 0.474 e. The average Bonchev–Trinajstić information content (AvgIpc) is 3.44. The van der Waals surface area contributed by atoms with Crippen LogP contribution in [0.2, 0.25) is 0 Å². The van der Waals surface area contributed by atoms with Gasteiger partial charge in [-0.2, -0.15) is 8.42 Å². The lowest BCUT2D eigenvalue weighted by Crippen LogP contribution is -2.23. The van der Waals surface area contributed by atoms with E-state index < -0.39 is 10.0 Å². The van der Waals surface area contributed by atoms with E-state index in [-0.39, 0.29) is 22.7 Å². The van der Waals surface area contributed by atoms with Gasteiger partial charge in [0.2, 0.25) is 5.88 Å². The first-order valence-electron chi connectivity index (χ1n) is 11.2. The monoisotopic (exact) mass is 476 g/mol. The van der Waals surface area contributed by atoms with Gasteiger partial charge in [0.1, 0.15) is 11.0 Å². The molecule has 2 aliphatic rings. The fraction of sp³-hybridized carbons (Fsp3) is 0.240. The predicted octanol–water partition coefficient (Wildman–Crippen LogP) is 3.89. The Kier molecular flexibility index (Phi) is 6.02. The average molecular weight is 477 g/mol. The highest BCUT2D eigenvalue weighted by atomic mass is 32.2. The van der Waals surface area contributed by atoms with Crippen LogP contribution in [0.15, 0.2) is 76.2 Å². The van der Waals surface area contributed by atoms with Crippen LogP contribution in [0.5, 0.6) is 5.88 Å². The molecule has 0 bridgehead atoms. The zero-order valence-corrected chi connectivity index (χ0v) is 19.2. The molecule has 2 N–H and O–H groups in total. The molecule has 0 spiro atoms. The molecule has 3 aromatic rings. The number of nitrogens with zero attached hydrogens (tertiary/aromatic N) is 2. The standard InChI is InChI=1S/C25H24N4O4S/c30-25(27-16-17-13-14-26-23(15-17)33-20-5-1-2-6-20)18-9-11-19(12-10-18)28-24-21-7-3-4-8-22(21)34(31,32)29-24/h3-4,7-15,20H,1-2,5-6,16H2,(H,27,30)(H,28,29). The molecule has 0 radical (unpaired) electrons. The number of anilines is 1. The highest BCUT2D eigenvalue weighted by Crippen LogP contribution is 2.27. The molecular formula is C25H24N4O4S. The maximum atomic E-state index is 12.6. The van der Waals surface area contributed by atoms with Crippen molar-refractivity contribution in [1.82, 2.24) is 10.3 Å². The number of nitrogens with one attached hydrogen (secondary N) is 2. The van der Waals surface area contributed by atoms with Gasteiger partial charge in [0.15, 0.2) is 5.84 Å². The SMILES string of the molecule is O=C(NCc1ccnc(OC2CCCC2)c1)c1ccc(NC2=NS(=O)(=O)c3ccccc32)cc1. The van der Waals surface area contributed by atoms with Crippen LogP contribution in [0.4, 0.5) is 5.69 Å². The van der Waals surface area contributed by atoms with Crippen molar-refractivity contribution in [3.63, 3.8) is 0 Å². The van der Waals surface area contributed by atoms with E-state index >= 15 is 0 Å². The molecule has 34 heavy (non-hydrogen) atoms. The van der Waals surface area contributed by atoms with Crippen molar-refractivity contribution in [2.45, 2.75) is 43.2 Å². The van der Waals surface area contributed by atoms with Crippen LogP contribution in [0, 0.1) is 0 Å². The lowest BCUT2D eigenvalue weighted by atomic mass is 10.1. The van der Waals surface area contributed by atoms with E-state index in [0.717, 1.165) is 18.4 Å². The molecule has 2 aromatic carbocycles. The summed E-state index contributed by atoms with van der Waals surface area (Å²) in [5.74, 6) is 0.640. The molecule has 1 aliphatic heterocycles. The van der Waals surface area contributed by atoms with Gasteiger partial charge >= 0.3 is 0 Å². The molecule has 5 rings (SSSR count). The molecule has 0 saturated heterocycles. The molecule has 1 aromatic heterocycles. The summed E-state index contributed by atoms with van der Waals surface area (Å²) in [7, 11) is -3.69. The number of aromatic nitrogens is 1. The molecule has 0 unspecified atom stereocenters. The van der Waals surface area contributed by atoms with Gasteiger partial charge in [-0.15, -0.1) is 4.40 Å². The van der Waals surface area contributed by atoms with Gasteiger partial charge in [-0.1, -0.05) is 12.1 Å². The van der Waals surface area contributed by atoms with Gasteiger partial charge in [0, 0.05) is 35.6 Å². The van der Waals surface area contributed by atoms with Gasteiger partial charge in [0.25, 0.3) is 15.9 Å². The van der Waals surface area contributed by atoms with Crippen LogP contribution in [0.25, 0.3) is 0 Å². The van der Waals surface area contributed by atoms with Gasteiger partial charge in [-0.25, -0.2) is 4.98 Å². The number of sulfonamides is 1. The number of hydrogen-bond acceptors (Lipinski definition) is 6. The topological polar surface area (TPSA) is 110 Å². The minimum Gasteiger partial charge on any atom is -0.474 e. The summed E-state index contributed by atoms with van der Waals surface area (Å²) in [6, 6.07) is 17.1. The second kappa shape index (κ2) is 9.26. The van der Waals surface area contributed by atoms with Gasteiger partial charge in [-0.05, 0) is 73.7 Å². The highest BCUT2D eigenvalue weighted by Gasteiger charge is 2.28. The van der Waals surface area contributed by atoms with Crippen molar-refractivity contribution in [2.24, 2.45) is 4.40 Å². The smallest absolute Gasteiger partial charge is 0.285 e. The zero-order valence-electron chi connectivity index (χ0n) is 18.4. The number of carbonyl (C=O) groups excluding carboxylic acids is 1. The number of benzene rings is 2. The summed E-state index contributed by atoms with van der Waals surface area (Å²) in [4.78, 5) is 17.1. The number of hydrogen-bond donors (Lipinski definition) is 2. The Bertz CT molecular complexity index is 1350. The Morgan fingerprint density at radius 1 is 1.03 bits per heavy atom. The Morgan fingerprint density at radius 2 is 1.79 bits per heavy atom. The third-order valence-corrected chi connectivity index (χ3v) is 7.22. The normalized spacial score (nSPS) is 16.5. The summed E-state index contributed by atoms with van der Waals surface area (Å²) in [6.07, 6.45) is 6.42. The first-order chi connectivity index (χ1) is 16.5. The van der Waals surface area contributed by atoms with Gasteiger partial charge < -0.3 is 15.4 Å². The second-order valence-electron chi connectivity index (χ2n) is 8.32. The lowest BCUT2D eigenvalue weighted by Gasteiger charge is -2.13. The van der Waals surface area contributed by atoms with Gasteiger partial charge in [-0.3, -0.25) is 4.79 Å². The van der Waals surface area contributed by atoms with Crippen LogP contribution in [0.1, 0.15) is 47.2 Å². The molecule has 1 amide bonds. The first-order valence-corrected chi connectivity index (χ1v) is 12.6. The van der Waals surface area contributed by atoms with E-state index in [9.17, 15) is 13.2 Å². The summed E-state index contributed by atoms with van der Waals surface area (Å²) in [5, 5.41) is 5.94. The van der Waals surface area contributed by atoms with E-state index in [0.29, 0.717) is 29.2 Å². The van der Waals surface area contributed by atoms with Crippen LogP contribution in [-0.2, 0) is 16.6 Å². The van der Waals surface area contributed by atoms with Gasteiger partial charge in [0.05, 0.1) is 0 Å². The van der Waals surface area contributed by atoms with E-state index in [1.807, 2.05) is 12.1 Å². The molecule has 1 fully saturated rings. The molecule has 8 nitrogen and oxygen atoms in total. The molecular weight excluding hydrogens is 452 g/mol. The summed E-state index contributed by atoms with van der Waals surface area (Å²) < 4.78 is 34.2. The van der Waals surface area contributed by atoms with Crippen molar-refractivity contribution in [3.8, 4) is 5.88 Å². The number of amides is 1. The fourth-order valence-electron chi connectivity index (χ4n) is 4.12. The Balaban J connectivity index is 1.20. The molecule has 0 atom stereocenters. The van der Waals surface area contributed by atoms with Crippen molar-refractivity contribution in [2.75, 3.05) is 5.32 Å². The maximum Gasteiger partial charge on any atom is 0.285 e. The van der Waals surface area contributed by atoms with E-state index in [4.69, 9.17) is 4.74 Å². The molecule has 1 saturated carbocycles. The summed E-state index contributed by atoms with van der Waals surface area (Å²) in [6.45, 7) is 0.355. The number of rotatable bonds is 6. The summed E-state index contributed by atoms with van der Waals surface area (Å²) >= 11 is 0. The van der Waals surface area contributed by atoms with E-state index in [1.165, 1.54) is 18.9 Å². The Morgan fingerprint density at radius 3 is 2.59 bits per heavy atom. The molecule has 174 valence electrons. The Hall–Kier alpha value is -3.72. The van der Waals surface area contributed by atoms with Crippen LogP contribution in [-0.4, -0.2) is 31.2 Å².